The van der Waals surface area contributed by atoms with Crippen LogP contribution in [0.3, 0.4) is 0 Å². The van der Waals surface area contributed by atoms with Gasteiger partial charge in [-0.25, -0.2) is 0 Å². The number of hydrogen-bond acceptors (Lipinski definition) is 1. The van der Waals surface area contributed by atoms with Crippen molar-refractivity contribution in [2.24, 2.45) is 0 Å². The molecule has 0 aliphatic rings. The van der Waals surface area contributed by atoms with E-state index in [1.54, 1.807) is 0 Å². The Morgan fingerprint density at radius 3 is 2.22 bits per heavy atom. The molecule has 0 spiro atoms. The number of rotatable bonds is 1. The summed E-state index contributed by atoms with van der Waals surface area (Å²) in [6.07, 6.45) is 3.63. The van der Waals surface area contributed by atoms with Crippen molar-refractivity contribution >= 4 is 46.6 Å². The summed E-state index contributed by atoms with van der Waals surface area (Å²) in [5.41, 5.74) is 1.33. The lowest BCUT2D eigenvalue weighted by atomic mass is 10.3. The summed E-state index contributed by atoms with van der Waals surface area (Å²) < 4.78 is 1.07. The Bertz CT molecular complexity index is 152. The molecule has 3 heteroatoms. The molecule has 0 aliphatic carbocycles. The zero-order valence-corrected chi connectivity index (χ0v) is 9.24. The van der Waals surface area contributed by atoms with Crippen LogP contribution in [-0.4, -0.2) is 4.98 Å². The van der Waals surface area contributed by atoms with Gasteiger partial charge in [-0.2, -0.15) is 0 Å². The van der Waals surface area contributed by atoms with Crippen molar-refractivity contribution in [1.82, 2.24) is 4.98 Å². The van der Waals surface area contributed by atoms with E-state index in [0.717, 1.165) is 4.43 Å². The molecule has 0 radical (unpaired) electrons. The Morgan fingerprint density at radius 1 is 1.33 bits per heavy atom. The maximum atomic E-state index is 3.89. The molecule has 0 aromatic carbocycles. The Kier molecular flexibility index (Phi) is 5.77. The highest BCUT2D eigenvalue weighted by atomic mass is 127. The lowest BCUT2D eigenvalue weighted by Crippen LogP contribution is -1.74. The fourth-order valence-corrected chi connectivity index (χ4v) is 0.980. The van der Waals surface area contributed by atoms with Crippen LogP contribution in [0.1, 0.15) is 5.56 Å². The van der Waals surface area contributed by atoms with Crippen molar-refractivity contribution in [3.8, 4) is 0 Å². The van der Waals surface area contributed by atoms with Crippen molar-refractivity contribution < 1.29 is 0 Å². The van der Waals surface area contributed by atoms with E-state index < -0.39 is 0 Å². The molecule has 0 aliphatic heterocycles. The first-order chi connectivity index (χ1) is 3.93. The van der Waals surface area contributed by atoms with Crippen molar-refractivity contribution in [3.05, 3.63) is 30.1 Å². The monoisotopic (exact) mass is 347 g/mol. The van der Waals surface area contributed by atoms with Crippen molar-refractivity contribution in [3.63, 3.8) is 0 Å². The standard InChI is InChI=1S/C6H6IN.HI/c7-5-6-1-3-8-4-2-6;/h1-4H,5H2;1H. The minimum Gasteiger partial charge on any atom is -0.265 e. The molecule has 50 valence electrons. The van der Waals surface area contributed by atoms with E-state index in [1.807, 2.05) is 24.5 Å². The molecule has 0 bridgehead atoms. The molecule has 0 unspecified atom stereocenters. The summed E-state index contributed by atoms with van der Waals surface area (Å²) in [7, 11) is 0. The van der Waals surface area contributed by atoms with Gasteiger partial charge in [0.25, 0.3) is 0 Å². The second-order valence-corrected chi connectivity index (χ2v) is 2.25. The van der Waals surface area contributed by atoms with E-state index >= 15 is 0 Å². The fraction of sp³-hybridized carbons (Fsp3) is 0.167. The molecule has 0 saturated carbocycles. The van der Waals surface area contributed by atoms with Crippen molar-refractivity contribution in [2.75, 3.05) is 0 Å². The number of nitrogens with zero attached hydrogens (tertiary/aromatic N) is 1. The summed E-state index contributed by atoms with van der Waals surface area (Å²) in [6, 6.07) is 4.04. The largest absolute Gasteiger partial charge is 0.265 e. The van der Waals surface area contributed by atoms with Crippen LogP contribution in [0.2, 0.25) is 0 Å². The van der Waals surface area contributed by atoms with Crippen molar-refractivity contribution in [2.45, 2.75) is 4.43 Å². The second-order valence-electron chi connectivity index (χ2n) is 1.49. The zero-order valence-electron chi connectivity index (χ0n) is 4.75. The molecule has 1 heterocycles. The van der Waals surface area contributed by atoms with Gasteiger partial charge in [-0.3, -0.25) is 4.98 Å². The first-order valence-electron chi connectivity index (χ1n) is 2.38. The maximum Gasteiger partial charge on any atom is 0.0270 e. The highest BCUT2D eigenvalue weighted by Crippen LogP contribution is 2.01. The summed E-state index contributed by atoms with van der Waals surface area (Å²) in [5.74, 6) is 0. The number of alkyl halides is 1. The molecular weight excluding hydrogens is 340 g/mol. The summed E-state index contributed by atoms with van der Waals surface area (Å²) in [5, 5.41) is 0. The Balaban J connectivity index is 0.000000640. The fourth-order valence-electron chi connectivity index (χ4n) is 0.472. The van der Waals surface area contributed by atoms with Crippen LogP contribution >= 0.6 is 46.6 Å². The number of halogens is 2. The number of hydrogen-bond donors (Lipinski definition) is 0. The van der Waals surface area contributed by atoms with E-state index in [0.29, 0.717) is 0 Å². The smallest absolute Gasteiger partial charge is 0.0270 e. The zero-order chi connectivity index (χ0) is 5.82. The van der Waals surface area contributed by atoms with Gasteiger partial charge < -0.3 is 0 Å². The van der Waals surface area contributed by atoms with Crippen molar-refractivity contribution in [1.29, 1.82) is 0 Å². The van der Waals surface area contributed by atoms with Crippen LogP contribution in [-0.2, 0) is 4.43 Å². The van der Waals surface area contributed by atoms with Gasteiger partial charge in [0, 0.05) is 16.8 Å². The SMILES string of the molecule is I.ICc1ccncc1. The third kappa shape index (κ3) is 3.34. The molecule has 1 rings (SSSR count). The normalized spacial score (nSPS) is 8.11. The predicted octanol–water partition coefficient (Wildman–Crippen LogP) is 2.63. The van der Waals surface area contributed by atoms with Gasteiger partial charge in [0.05, 0.1) is 0 Å². The molecule has 1 aromatic heterocycles. The highest BCUT2D eigenvalue weighted by molar-refractivity contribution is 14.1. The first kappa shape index (κ1) is 9.61. The van der Waals surface area contributed by atoms with Gasteiger partial charge >= 0.3 is 0 Å². The topological polar surface area (TPSA) is 12.9 Å². The number of pyridine rings is 1. The third-order valence-corrected chi connectivity index (χ3v) is 1.78. The molecule has 0 fully saturated rings. The quantitative estimate of drug-likeness (QED) is 0.562. The summed E-state index contributed by atoms with van der Waals surface area (Å²) >= 11 is 2.33. The second kappa shape index (κ2) is 5.40. The number of aromatic nitrogens is 1. The molecular formula is C6H7I2N. The van der Waals surface area contributed by atoms with E-state index in [9.17, 15) is 0 Å². The predicted molar refractivity (Wildman–Crippen MR) is 57.4 cm³/mol. The molecule has 0 amide bonds. The van der Waals surface area contributed by atoms with E-state index in [4.69, 9.17) is 0 Å². The lowest BCUT2D eigenvalue weighted by Gasteiger charge is -1.87. The van der Waals surface area contributed by atoms with Crippen LogP contribution in [0.15, 0.2) is 24.5 Å². The van der Waals surface area contributed by atoms with Gasteiger partial charge in [-0.05, 0) is 17.7 Å². The maximum absolute atomic E-state index is 3.89. The summed E-state index contributed by atoms with van der Waals surface area (Å²) in [4.78, 5) is 3.89. The van der Waals surface area contributed by atoms with Gasteiger partial charge in [0.1, 0.15) is 0 Å². The third-order valence-electron chi connectivity index (χ3n) is 0.904. The minimum absolute atomic E-state index is 0. The minimum atomic E-state index is 0. The van der Waals surface area contributed by atoms with Crippen LogP contribution in [0.5, 0.6) is 0 Å². The molecule has 0 N–H and O–H groups in total. The Labute approximate surface area is 85.4 Å². The average Bonchev–Trinajstić information content (AvgIpc) is 1.90. The van der Waals surface area contributed by atoms with Gasteiger partial charge in [0.15, 0.2) is 0 Å². The average molecular weight is 347 g/mol. The molecule has 1 aromatic rings. The molecule has 0 saturated heterocycles. The van der Waals surface area contributed by atoms with Crippen LogP contribution in [0.4, 0.5) is 0 Å². The van der Waals surface area contributed by atoms with Crippen LogP contribution in [0.25, 0.3) is 0 Å². The molecule has 0 atom stereocenters. The lowest BCUT2D eigenvalue weighted by molar-refractivity contribution is 1.28. The van der Waals surface area contributed by atoms with E-state index in [-0.39, 0.29) is 24.0 Å². The van der Waals surface area contributed by atoms with Crippen LogP contribution < -0.4 is 0 Å². The molecule has 1 nitrogen and oxygen atoms in total. The van der Waals surface area contributed by atoms with Gasteiger partial charge in [-0.1, -0.05) is 22.6 Å². The van der Waals surface area contributed by atoms with Gasteiger partial charge in [0.2, 0.25) is 0 Å². The Morgan fingerprint density at radius 2 is 1.89 bits per heavy atom. The van der Waals surface area contributed by atoms with Gasteiger partial charge in [-0.15, -0.1) is 24.0 Å². The Hall–Kier alpha value is 0.610. The first-order valence-corrected chi connectivity index (χ1v) is 3.91. The van der Waals surface area contributed by atoms with Crippen LogP contribution in [0, 0.1) is 0 Å². The highest BCUT2D eigenvalue weighted by Gasteiger charge is 1.82. The van der Waals surface area contributed by atoms with E-state index in [1.165, 1.54) is 5.56 Å². The van der Waals surface area contributed by atoms with E-state index in [2.05, 4.69) is 27.6 Å². The molecule has 9 heavy (non-hydrogen) atoms. The summed E-state index contributed by atoms with van der Waals surface area (Å²) in [6.45, 7) is 0.